The van der Waals surface area contributed by atoms with Gasteiger partial charge >= 0.3 is 0 Å². The third-order valence-corrected chi connectivity index (χ3v) is 23.7. The van der Waals surface area contributed by atoms with E-state index in [4.69, 9.17) is 39.9 Å². The Bertz CT molecular complexity index is 8090. The summed E-state index contributed by atoms with van der Waals surface area (Å²) in [6.07, 6.45) is 3.71. The summed E-state index contributed by atoms with van der Waals surface area (Å²) in [7, 11) is 0. The molecule has 580 valence electrons. The molecule has 8 heterocycles. The smallest absolute Gasteiger partial charge is 0.164 e. The van der Waals surface area contributed by atoms with Crippen LogP contribution in [0.2, 0.25) is 0 Å². The van der Waals surface area contributed by atoms with Crippen molar-refractivity contribution in [2.24, 2.45) is 0 Å². The van der Waals surface area contributed by atoms with Gasteiger partial charge in [0, 0.05) is 123 Å². The number of nitrogens with zero attached hydrogens (tertiary/aromatic N) is 12. The number of rotatable bonds is 14. The molecule has 0 spiro atoms. The lowest BCUT2D eigenvalue weighted by Gasteiger charge is -2.12. The maximum atomic E-state index is 5.02. The van der Waals surface area contributed by atoms with Gasteiger partial charge in [-0.05, 0) is 150 Å². The van der Waals surface area contributed by atoms with Crippen LogP contribution in [0.25, 0.3) is 223 Å². The number of fused-ring (bicyclic) bond motifs is 12. The van der Waals surface area contributed by atoms with Crippen LogP contribution in [0.5, 0.6) is 0 Å². The van der Waals surface area contributed by atoms with Crippen LogP contribution >= 0.6 is 0 Å². The third kappa shape index (κ3) is 12.8. The van der Waals surface area contributed by atoms with E-state index in [2.05, 4.69) is 309 Å². The Hall–Kier alpha value is -17.0. The molecular weight excluding hydrogens is 1510 g/mol. The summed E-state index contributed by atoms with van der Waals surface area (Å²) in [4.78, 5) is 39.8. The molecule has 0 N–H and O–H groups in total. The lowest BCUT2D eigenvalue weighted by Crippen LogP contribution is -2.00. The Kier molecular flexibility index (Phi) is 17.9. The van der Waals surface area contributed by atoms with Gasteiger partial charge in [-0.2, -0.15) is 0 Å². The molecule has 0 bridgehead atoms. The van der Waals surface area contributed by atoms with E-state index in [0.29, 0.717) is 34.9 Å². The van der Waals surface area contributed by atoms with Gasteiger partial charge in [-0.1, -0.05) is 297 Å². The van der Waals surface area contributed by atoms with E-state index in [1.54, 1.807) is 0 Å². The zero-order valence-corrected chi connectivity index (χ0v) is 66.9. The van der Waals surface area contributed by atoms with Gasteiger partial charge in [0.2, 0.25) is 0 Å². The topological polar surface area (TPSA) is 123 Å². The van der Waals surface area contributed by atoms with Crippen molar-refractivity contribution < 1.29 is 0 Å². The first-order chi connectivity index (χ1) is 61.5. The van der Waals surface area contributed by atoms with Crippen molar-refractivity contribution in [2.75, 3.05) is 0 Å². The van der Waals surface area contributed by atoms with Crippen LogP contribution in [0.3, 0.4) is 0 Å². The van der Waals surface area contributed by atoms with E-state index in [0.717, 1.165) is 128 Å². The van der Waals surface area contributed by atoms with Gasteiger partial charge < -0.3 is 18.3 Å². The highest BCUT2D eigenvalue weighted by Gasteiger charge is 2.24. The zero-order valence-electron chi connectivity index (χ0n) is 66.9. The van der Waals surface area contributed by atoms with Crippen molar-refractivity contribution >= 4 is 87.2 Å². The maximum Gasteiger partial charge on any atom is 0.164 e. The number of benzene rings is 16. The fraction of sp³-hybridized carbons (Fsp3) is 0. The average molecular weight is 1590 g/mol. The van der Waals surface area contributed by atoms with Gasteiger partial charge in [0.05, 0.1) is 55.5 Å². The van der Waals surface area contributed by atoms with E-state index in [1.807, 2.05) is 146 Å². The molecule has 0 unspecified atom stereocenters. The minimum Gasteiger partial charge on any atom is -0.309 e. The second-order valence-electron chi connectivity index (χ2n) is 30.9. The lowest BCUT2D eigenvalue weighted by atomic mass is 9.99. The normalized spacial score (nSPS) is 11.5. The largest absolute Gasteiger partial charge is 0.309 e. The summed E-state index contributed by atoms with van der Waals surface area (Å²) in [6.45, 7) is 0. The molecule has 12 nitrogen and oxygen atoms in total. The quantitative estimate of drug-likeness (QED) is 0.105. The predicted octanol–water partition coefficient (Wildman–Crippen LogP) is 27.6. The SMILES string of the molecule is c1ccc(-c2nc(-c3ccccc3)nc(-c3ccnc(-c4cccc5c4c4ccccc4n5-c4ccc(-c5ccc6c(c5)c5ccccc5n6-c5ccccc5)cc4)c3)n2)cc1.c1ccc(-c2nc(-c3ccccc3)nc(-c3ccnc(-c4cccc5c4c4ccccc4n5-c4cccc(-c5cccc6c5c5ccccc5n6-c5ccccc5)c4)c3)n2)cc1. The Labute approximate surface area is 713 Å². The van der Waals surface area contributed by atoms with Crippen LogP contribution in [-0.2, 0) is 0 Å². The maximum absolute atomic E-state index is 5.02. The van der Waals surface area contributed by atoms with Crippen molar-refractivity contribution in [1.82, 2.24) is 58.1 Å². The van der Waals surface area contributed by atoms with Crippen molar-refractivity contribution in [1.29, 1.82) is 0 Å². The zero-order chi connectivity index (χ0) is 82.0. The van der Waals surface area contributed by atoms with Gasteiger partial charge in [-0.25, -0.2) is 29.9 Å². The van der Waals surface area contributed by atoms with Gasteiger partial charge in [0.25, 0.3) is 0 Å². The Balaban J connectivity index is 0.000000143. The first kappa shape index (κ1) is 72.3. The predicted molar refractivity (Wildman–Crippen MR) is 507 cm³/mol. The van der Waals surface area contributed by atoms with Gasteiger partial charge in [-0.3, -0.25) is 9.97 Å². The minimum absolute atomic E-state index is 0.592. The van der Waals surface area contributed by atoms with Crippen LogP contribution in [-0.4, -0.2) is 58.1 Å². The molecule has 0 saturated carbocycles. The van der Waals surface area contributed by atoms with Crippen molar-refractivity contribution in [3.05, 3.63) is 437 Å². The van der Waals surface area contributed by atoms with Gasteiger partial charge in [0.1, 0.15) is 0 Å². The summed E-state index contributed by atoms with van der Waals surface area (Å²) >= 11 is 0. The highest BCUT2D eigenvalue weighted by Crippen LogP contribution is 2.45. The standard InChI is InChI=1S/2C56H36N6/c1-4-17-37(18-5-1)54-58-55(38-19-6-2-7-20-38)60-56(59-54)40-33-34-57-47(36-40)44-28-16-32-51-53(44)46-26-11-13-30-49(46)62(51)42-24-14-21-39(35-42)43-27-15-31-50-52(43)45-25-10-12-29-48(45)61(50)41-22-8-3-9-23-41;1-4-15-38(16-5-1)54-58-55(39-17-6-2-7-18-39)60-56(59-54)41-33-34-57-48(36-41)45-23-14-26-52-53(45)46-22-11-13-25-50(46)62(52)43-30-27-37(28-31-43)40-29-32-51-47(35-40)44-21-10-12-24-49(44)61(51)42-19-8-3-9-20-42/h2*1-36H. The molecule has 0 atom stereocenters. The molecule has 8 aromatic heterocycles. The molecule has 24 aromatic rings. The number of aromatic nitrogens is 12. The summed E-state index contributed by atoms with van der Waals surface area (Å²) in [5, 5.41) is 9.54. The molecule has 0 aliphatic carbocycles. The monoisotopic (exact) mass is 1580 g/mol. The summed E-state index contributed by atoms with van der Waals surface area (Å²) in [6, 6.07) is 149. The Morgan fingerprint density at radius 3 is 0.871 bits per heavy atom. The molecule has 24 rings (SSSR count). The molecular formula is C112H72N12. The van der Waals surface area contributed by atoms with E-state index in [1.165, 1.54) is 60.3 Å². The van der Waals surface area contributed by atoms with Gasteiger partial charge in [0.15, 0.2) is 34.9 Å². The number of hydrogen-bond acceptors (Lipinski definition) is 8. The fourth-order valence-corrected chi connectivity index (χ4v) is 18.1. The van der Waals surface area contributed by atoms with E-state index in [9.17, 15) is 0 Å². The Morgan fingerprint density at radius 2 is 0.444 bits per heavy atom. The van der Waals surface area contributed by atoms with E-state index >= 15 is 0 Å². The van der Waals surface area contributed by atoms with Crippen LogP contribution in [0, 0.1) is 0 Å². The van der Waals surface area contributed by atoms with Crippen molar-refractivity contribution in [3.8, 4) is 136 Å². The minimum atomic E-state index is 0.592. The van der Waals surface area contributed by atoms with Crippen LogP contribution in [0.15, 0.2) is 437 Å². The number of pyridine rings is 2. The van der Waals surface area contributed by atoms with E-state index in [-0.39, 0.29) is 0 Å². The number of para-hydroxylation sites is 6. The second-order valence-corrected chi connectivity index (χ2v) is 30.9. The first-order valence-electron chi connectivity index (χ1n) is 41.6. The second kappa shape index (κ2) is 30.8. The van der Waals surface area contributed by atoms with Crippen LogP contribution < -0.4 is 0 Å². The average Bonchev–Trinajstić information content (AvgIpc) is 1.58. The molecule has 0 radical (unpaired) electrons. The van der Waals surface area contributed by atoms with Gasteiger partial charge in [-0.15, -0.1) is 0 Å². The molecule has 12 heteroatoms. The molecule has 0 saturated heterocycles. The number of hydrogen-bond donors (Lipinski definition) is 0. The molecule has 0 aliphatic rings. The summed E-state index contributed by atoms with van der Waals surface area (Å²) in [5.74, 6) is 3.68. The third-order valence-electron chi connectivity index (χ3n) is 23.7. The lowest BCUT2D eigenvalue weighted by molar-refractivity contribution is 1.07. The van der Waals surface area contributed by atoms with Crippen LogP contribution in [0.1, 0.15) is 0 Å². The molecule has 0 amide bonds. The highest BCUT2D eigenvalue weighted by atomic mass is 15.1. The summed E-state index contributed by atoms with van der Waals surface area (Å²) < 4.78 is 9.49. The van der Waals surface area contributed by atoms with E-state index < -0.39 is 0 Å². The fourth-order valence-electron chi connectivity index (χ4n) is 18.1. The Morgan fingerprint density at radius 1 is 0.153 bits per heavy atom. The highest BCUT2D eigenvalue weighted by molar-refractivity contribution is 6.19. The van der Waals surface area contributed by atoms with Crippen LogP contribution in [0.4, 0.5) is 0 Å². The van der Waals surface area contributed by atoms with Crippen molar-refractivity contribution in [3.63, 3.8) is 0 Å². The molecule has 124 heavy (non-hydrogen) atoms. The molecule has 0 aliphatic heterocycles. The first-order valence-corrected chi connectivity index (χ1v) is 41.6. The molecule has 0 fully saturated rings. The van der Waals surface area contributed by atoms with Crippen molar-refractivity contribution in [2.45, 2.75) is 0 Å². The molecule has 16 aromatic carbocycles. The summed E-state index contributed by atoms with van der Waals surface area (Å²) in [5.41, 5.74) is 27.6.